The zero-order chi connectivity index (χ0) is 21.6. The van der Waals surface area contributed by atoms with Gasteiger partial charge in [0.2, 0.25) is 5.91 Å². The Kier molecular flexibility index (Phi) is 7.25. The van der Waals surface area contributed by atoms with E-state index >= 15 is 0 Å². The molecule has 2 aromatic carbocycles. The second kappa shape index (κ2) is 10.3. The first-order chi connectivity index (χ1) is 15.2. The molecule has 2 atom stereocenters. The molecule has 31 heavy (non-hydrogen) atoms. The van der Waals surface area contributed by atoms with Crippen molar-refractivity contribution in [2.45, 2.75) is 57.0 Å². The van der Waals surface area contributed by atoms with Crippen molar-refractivity contribution in [3.05, 3.63) is 65.2 Å². The van der Waals surface area contributed by atoms with Crippen LogP contribution in [0.1, 0.15) is 54.8 Å². The molecule has 0 aromatic heterocycles. The lowest BCUT2D eigenvalue weighted by atomic mass is 9.77. The monoisotopic (exact) mass is 422 g/mol. The van der Waals surface area contributed by atoms with E-state index in [-0.39, 0.29) is 36.9 Å². The molecule has 1 aliphatic carbocycles. The molecule has 3 N–H and O–H groups in total. The topological polar surface area (TPSA) is 72.8 Å². The van der Waals surface area contributed by atoms with Crippen LogP contribution in [-0.4, -0.2) is 46.8 Å². The van der Waals surface area contributed by atoms with Crippen LogP contribution < -0.4 is 5.32 Å². The van der Waals surface area contributed by atoms with Crippen LogP contribution in [0.5, 0.6) is 5.75 Å². The van der Waals surface area contributed by atoms with E-state index in [0.717, 1.165) is 18.5 Å². The van der Waals surface area contributed by atoms with Crippen LogP contribution >= 0.6 is 0 Å². The number of aromatic hydroxyl groups is 1. The van der Waals surface area contributed by atoms with Crippen LogP contribution in [0.25, 0.3) is 0 Å². The second-order valence-electron chi connectivity index (χ2n) is 9.01. The average Bonchev–Trinajstić information content (AvgIpc) is 2.82. The fourth-order valence-electron chi connectivity index (χ4n) is 5.29. The molecule has 5 heteroatoms. The maximum atomic E-state index is 13.3. The fraction of sp³-hybridized carbons (Fsp3) is 0.500. The van der Waals surface area contributed by atoms with Crippen molar-refractivity contribution in [3.63, 3.8) is 0 Å². The molecule has 1 aliphatic heterocycles. The largest absolute Gasteiger partial charge is 0.508 e. The summed E-state index contributed by atoms with van der Waals surface area (Å²) < 4.78 is 0. The number of nitrogens with zero attached hydrogens (tertiary/aromatic N) is 1. The molecule has 1 unspecified atom stereocenters. The maximum absolute atomic E-state index is 13.3. The van der Waals surface area contributed by atoms with Gasteiger partial charge in [0, 0.05) is 12.6 Å². The molecule has 1 saturated carbocycles. The Hall–Kier alpha value is -2.37. The molecule has 4 rings (SSSR count). The molecular weight excluding hydrogens is 388 g/mol. The molecular formula is C26H34N2O3. The van der Waals surface area contributed by atoms with Crippen molar-refractivity contribution in [3.8, 4) is 5.75 Å². The summed E-state index contributed by atoms with van der Waals surface area (Å²) in [5, 5.41) is 22.5. The summed E-state index contributed by atoms with van der Waals surface area (Å²) in [6, 6.07) is 15.6. The Morgan fingerprint density at radius 3 is 2.55 bits per heavy atom. The zero-order valence-corrected chi connectivity index (χ0v) is 18.2. The third kappa shape index (κ3) is 5.28. The normalized spacial score (nSPS) is 20.3. The lowest BCUT2D eigenvalue weighted by Gasteiger charge is -2.43. The van der Waals surface area contributed by atoms with E-state index in [1.807, 2.05) is 12.1 Å². The molecule has 0 bridgehead atoms. The van der Waals surface area contributed by atoms with Gasteiger partial charge in [-0.1, -0.05) is 55.7 Å². The molecule has 1 amide bonds. The van der Waals surface area contributed by atoms with Gasteiger partial charge in [-0.25, -0.2) is 0 Å². The number of hydrogen-bond donors (Lipinski definition) is 3. The third-order valence-electron chi connectivity index (χ3n) is 6.93. The van der Waals surface area contributed by atoms with Crippen molar-refractivity contribution < 1.29 is 15.0 Å². The van der Waals surface area contributed by atoms with Crippen LogP contribution in [-0.2, 0) is 17.6 Å². The first-order valence-corrected chi connectivity index (χ1v) is 11.6. The van der Waals surface area contributed by atoms with Gasteiger partial charge in [-0.3, -0.25) is 4.79 Å². The van der Waals surface area contributed by atoms with Crippen LogP contribution in [0.4, 0.5) is 0 Å². The van der Waals surface area contributed by atoms with E-state index < -0.39 is 0 Å². The fourth-order valence-corrected chi connectivity index (χ4v) is 5.29. The van der Waals surface area contributed by atoms with Gasteiger partial charge in [0.1, 0.15) is 5.75 Å². The second-order valence-corrected chi connectivity index (χ2v) is 9.01. The molecule has 166 valence electrons. The third-order valence-corrected chi connectivity index (χ3v) is 6.93. The lowest BCUT2D eigenvalue weighted by Crippen LogP contribution is -2.49. The van der Waals surface area contributed by atoms with E-state index in [1.54, 1.807) is 12.1 Å². The van der Waals surface area contributed by atoms with Crippen molar-refractivity contribution in [2.75, 3.05) is 19.7 Å². The number of hydrogen-bond acceptors (Lipinski definition) is 4. The summed E-state index contributed by atoms with van der Waals surface area (Å²) in [4.78, 5) is 15.4. The highest BCUT2D eigenvalue weighted by Gasteiger charge is 2.36. The van der Waals surface area contributed by atoms with Gasteiger partial charge in [0.05, 0.1) is 19.2 Å². The Labute approximate surface area is 185 Å². The summed E-state index contributed by atoms with van der Waals surface area (Å²) in [5.74, 6) is 0.880. The summed E-state index contributed by atoms with van der Waals surface area (Å²) in [5.41, 5.74) is 3.73. The Balaban J connectivity index is 1.43. The first kappa shape index (κ1) is 21.8. The van der Waals surface area contributed by atoms with E-state index in [4.69, 9.17) is 0 Å². The number of benzene rings is 2. The van der Waals surface area contributed by atoms with E-state index in [2.05, 4.69) is 34.5 Å². The number of carbonyl (C=O) groups is 1. The summed E-state index contributed by atoms with van der Waals surface area (Å²) in [7, 11) is 0. The number of rotatable bonds is 7. The molecule has 5 nitrogen and oxygen atoms in total. The number of nitrogens with one attached hydrogen (secondary N) is 1. The van der Waals surface area contributed by atoms with Gasteiger partial charge in [0.15, 0.2) is 0 Å². The van der Waals surface area contributed by atoms with Crippen molar-refractivity contribution in [2.24, 2.45) is 5.92 Å². The van der Waals surface area contributed by atoms with Crippen LogP contribution in [0.3, 0.4) is 0 Å². The minimum Gasteiger partial charge on any atom is -0.508 e. The predicted octanol–water partition coefficient (Wildman–Crippen LogP) is 3.59. The van der Waals surface area contributed by atoms with Gasteiger partial charge in [-0.15, -0.1) is 0 Å². The lowest BCUT2D eigenvalue weighted by molar-refractivity contribution is -0.135. The minimum atomic E-state index is -0.196. The van der Waals surface area contributed by atoms with E-state index in [9.17, 15) is 15.0 Å². The minimum absolute atomic E-state index is 0.0386. The smallest absolute Gasteiger partial charge is 0.237 e. The van der Waals surface area contributed by atoms with Gasteiger partial charge in [-0.05, 0) is 60.4 Å². The van der Waals surface area contributed by atoms with Crippen LogP contribution in [0, 0.1) is 5.92 Å². The van der Waals surface area contributed by atoms with Crippen molar-refractivity contribution in [1.29, 1.82) is 0 Å². The molecule has 0 saturated heterocycles. The van der Waals surface area contributed by atoms with E-state index in [1.165, 1.54) is 43.2 Å². The number of phenolic OH excluding ortho intramolecular Hbond substituents is 1. The molecule has 2 aliphatic rings. The van der Waals surface area contributed by atoms with Gasteiger partial charge in [0.25, 0.3) is 0 Å². The SMILES string of the molecule is O=C(CNC(CO)Cc1ccc(O)cc1)N1CCc2ccccc2[C@@H]1C1CCCCC1. The zero-order valence-electron chi connectivity index (χ0n) is 18.2. The Morgan fingerprint density at radius 1 is 1.06 bits per heavy atom. The number of carbonyl (C=O) groups excluding carboxylic acids is 1. The Morgan fingerprint density at radius 2 is 1.81 bits per heavy atom. The number of aliphatic hydroxyl groups excluding tert-OH is 1. The quantitative estimate of drug-likeness (QED) is 0.638. The van der Waals surface area contributed by atoms with Crippen LogP contribution in [0.2, 0.25) is 0 Å². The molecule has 1 heterocycles. The molecule has 0 spiro atoms. The standard InChI is InChI=1S/C26H34N2O3/c29-18-22(16-19-10-12-23(30)13-11-19)27-17-25(31)28-15-14-20-6-4-5-9-24(20)26(28)21-7-2-1-3-8-21/h4-6,9-13,21-22,26-27,29-30H,1-3,7-8,14-18H2/t22?,26-/m0/s1. The molecule has 1 fully saturated rings. The highest BCUT2D eigenvalue weighted by Crippen LogP contribution is 2.41. The highest BCUT2D eigenvalue weighted by molar-refractivity contribution is 5.79. The average molecular weight is 423 g/mol. The van der Waals surface area contributed by atoms with E-state index in [0.29, 0.717) is 12.3 Å². The van der Waals surface area contributed by atoms with Gasteiger partial charge < -0.3 is 20.4 Å². The van der Waals surface area contributed by atoms with Gasteiger partial charge in [-0.2, -0.15) is 0 Å². The van der Waals surface area contributed by atoms with Crippen molar-refractivity contribution >= 4 is 5.91 Å². The first-order valence-electron chi connectivity index (χ1n) is 11.6. The van der Waals surface area contributed by atoms with Gasteiger partial charge >= 0.3 is 0 Å². The Bertz CT molecular complexity index is 861. The number of fused-ring (bicyclic) bond motifs is 1. The summed E-state index contributed by atoms with van der Waals surface area (Å²) >= 11 is 0. The highest BCUT2D eigenvalue weighted by atomic mass is 16.3. The van der Waals surface area contributed by atoms with Crippen LogP contribution in [0.15, 0.2) is 48.5 Å². The molecule has 0 radical (unpaired) electrons. The summed E-state index contributed by atoms with van der Waals surface area (Å²) in [6.45, 7) is 0.957. The number of aliphatic hydroxyl groups is 1. The maximum Gasteiger partial charge on any atom is 0.237 e. The predicted molar refractivity (Wildman–Crippen MR) is 122 cm³/mol. The number of amides is 1. The molecule has 2 aromatic rings. The summed E-state index contributed by atoms with van der Waals surface area (Å²) in [6.07, 6.45) is 7.70. The van der Waals surface area contributed by atoms with Crippen molar-refractivity contribution in [1.82, 2.24) is 10.2 Å². The number of phenols is 1.